The van der Waals surface area contributed by atoms with Gasteiger partial charge in [0.2, 0.25) is 0 Å². The number of pyridine rings is 1. The summed E-state index contributed by atoms with van der Waals surface area (Å²) in [6, 6.07) is 6.07. The van der Waals surface area contributed by atoms with Gasteiger partial charge in [-0.3, -0.25) is 0 Å². The van der Waals surface area contributed by atoms with E-state index in [0.717, 1.165) is 0 Å². The number of aromatic nitrogens is 1. The SMILES string of the molecule is CC(C)C(Nc1ncc(Cl)cc1Cl)c1cccs1. The van der Waals surface area contributed by atoms with Crippen LogP contribution < -0.4 is 5.32 Å². The monoisotopic (exact) mass is 300 g/mol. The molecule has 0 aromatic carbocycles. The molecule has 2 rings (SSSR count). The fraction of sp³-hybridized carbons (Fsp3) is 0.308. The minimum Gasteiger partial charge on any atom is -0.361 e. The van der Waals surface area contributed by atoms with Crippen LogP contribution in [0.4, 0.5) is 5.82 Å². The van der Waals surface area contributed by atoms with E-state index in [9.17, 15) is 0 Å². The highest BCUT2D eigenvalue weighted by molar-refractivity contribution is 7.10. The van der Waals surface area contributed by atoms with Crippen molar-refractivity contribution in [2.45, 2.75) is 19.9 Å². The molecule has 0 saturated carbocycles. The van der Waals surface area contributed by atoms with Crippen molar-refractivity contribution < 1.29 is 0 Å². The average Bonchev–Trinajstić information content (AvgIpc) is 2.80. The van der Waals surface area contributed by atoms with Gasteiger partial charge in [-0.2, -0.15) is 0 Å². The van der Waals surface area contributed by atoms with Crippen molar-refractivity contribution in [2.24, 2.45) is 5.92 Å². The second-order valence-corrected chi connectivity index (χ2v) is 6.19. The standard InChI is InChI=1S/C13H14Cl2N2S/c1-8(2)12(11-4-3-5-18-11)17-13-10(15)6-9(14)7-16-13/h3-8,12H,1-2H3,(H,16,17). The summed E-state index contributed by atoms with van der Waals surface area (Å²) < 4.78 is 0. The Morgan fingerprint density at radius 2 is 2.11 bits per heavy atom. The maximum Gasteiger partial charge on any atom is 0.145 e. The highest BCUT2D eigenvalue weighted by atomic mass is 35.5. The third kappa shape index (κ3) is 3.16. The van der Waals surface area contributed by atoms with E-state index in [-0.39, 0.29) is 6.04 Å². The Kier molecular flexibility index (Phi) is 4.49. The summed E-state index contributed by atoms with van der Waals surface area (Å²) in [5.41, 5.74) is 0. The van der Waals surface area contributed by atoms with Gasteiger partial charge in [-0.05, 0) is 23.4 Å². The molecule has 2 heterocycles. The molecule has 0 aliphatic heterocycles. The molecule has 18 heavy (non-hydrogen) atoms. The lowest BCUT2D eigenvalue weighted by molar-refractivity contribution is 0.552. The minimum absolute atomic E-state index is 0.205. The molecule has 1 unspecified atom stereocenters. The topological polar surface area (TPSA) is 24.9 Å². The minimum atomic E-state index is 0.205. The molecule has 0 aliphatic carbocycles. The van der Waals surface area contributed by atoms with Gasteiger partial charge in [0.1, 0.15) is 5.82 Å². The number of nitrogens with zero attached hydrogens (tertiary/aromatic N) is 1. The number of hydrogen-bond donors (Lipinski definition) is 1. The molecule has 2 aromatic rings. The molecule has 0 radical (unpaired) electrons. The first kappa shape index (κ1) is 13.7. The van der Waals surface area contributed by atoms with E-state index in [4.69, 9.17) is 23.2 Å². The van der Waals surface area contributed by atoms with Crippen molar-refractivity contribution >= 4 is 40.4 Å². The Bertz CT molecular complexity index is 512. The zero-order valence-corrected chi connectivity index (χ0v) is 12.5. The molecule has 1 atom stereocenters. The second-order valence-electron chi connectivity index (χ2n) is 4.37. The molecule has 0 bridgehead atoms. The molecule has 0 spiro atoms. The molecule has 0 fully saturated rings. The molecular formula is C13H14Cl2N2S. The van der Waals surface area contributed by atoms with Gasteiger partial charge in [0.25, 0.3) is 0 Å². The Labute approximate surface area is 121 Å². The van der Waals surface area contributed by atoms with Crippen molar-refractivity contribution in [3.8, 4) is 0 Å². The van der Waals surface area contributed by atoms with Crippen LogP contribution >= 0.6 is 34.5 Å². The van der Waals surface area contributed by atoms with Crippen molar-refractivity contribution in [1.82, 2.24) is 4.98 Å². The van der Waals surface area contributed by atoms with E-state index in [0.29, 0.717) is 21.8 Å². The summed E-state index contributed by atoms with van der Waals surface area (Å²) in [4.78, 5) is 5.52. The van der Waals surface area contributed by atoms with E-state index in [1.54, 1.807) is 23.6 Å². The van der Waals surface area contributed by atoms with Crippen molar-refractivity contribution in [3.05, 3.63) is 44.7 Å². The van der Waals surface area contributed by atoms with Gasteiger partial charge in [-0.15, -0.1) is 11.3 Å². The fourth-order valence-electron chi connectivity index (χ4n) is 1.70. The number of anilines is 1. The smallest absolute Gasteiger partial charge is 0.145 e. The first-order chi connectivity index (χ1) is 8.58. The second kappa shape index (κ2) is 5.91. The summed E-state index contributed by atoms with van der Waals surface area (Å²) in [6.45, 7) is 4.34. The van der Waals surface area contributed by atoms with Crippen molar-refractivity contribution in [1.29, 1.82) is 0 Å². The average molecular weight is 301 g/mol. The molecule has 2 aromatic heterocycles. The Morgan fingerprint density at radius 3 is 2.67 bits per heavy atom. The molecule has 96 valence electrons. The van der Waals surface area contributed by atoms with Crippen LogP contribution in [0.1, 0.15) is 24.8 Å². The summed E-state index contributed by atoms with van der Waals surface area (Å²) in [6.07, 6.45) is 1.60. The molecule has 0 aliphatic rings. The largest absolute Gasteiger partial charge is 0.361 e. The van der Waals surface area contributed by atoms with E-state index in [1.165, 1.54) is 4.88 Å². The van der Waals surface area contributed by atoms with Gasteiger partial charge in [-0.25, -0.2) is 4.98 Å². The zero-order valence-electron chi connectivity index (χ0n) is 10.2. The summed E-state index contributed by atoms with van der Waals surface area (Å²) in [5, 5.41) is 6.55. The Hall–Kier alpha value is -0.770. The first-order valence-corrected chi connectivity index (χ1v) is 7.32. The van der Waals surface area contributed by atoms with Crippen LogP contribution in [0.5, 0.6) is 0 Å². The molecule has 0 amide bonds. The van der Waals surface area contributed by atoms with Gasteiger partial charge in [0.15, 0.2) is 0 Å². The van der Waals surface area contributed by atoms with E-state index in [1.807, 2.05) is 6.07 Å². The third-order valence-electron chi connectivity index (χ3n) is 2.62. The third-order valence-corrected chi connectivity index (χ3v) is 4.07. The Balaban J connectivity index is 2.24. The van der Waals surface area contributed by atoms with Gasteiger partial charge in [0.05, 0.1) is 16.1 Å². The zero-order chi connectivity index (χ0) is 13.1. The van der Waals surface area contributed by atoms with Crippen LogP contribution in [0.15, 0.2) is 29.8 Å². The normalized spacial score (nSPS) is 12.7. The molecule has 5 heteroatoms. The van der Waals surface area contributed by atoms with Crippen molar-refractivity contribution in [2.75, 3.05) is 5.32 Å². The van der Waals surface area contributed by atoms with E-state index < -0.39 is 0 Å². The molecular weight excluding hydrogens is 287 g/mol. The number of nitrogens with one attached hydrogen (secondary N) is 1. The van der Waals surface area contributed by atoms with Crippen LogP contribution in [0.2, 0.25) is 10.0 Å². The predicted molar refractivity (Wildman–Crippen MR) is 79.8 cm³/mol. The highest BCUT2D eigenvalue weighted by Gasteiger charge is 2.18. The quantitative estimate of drug-likeness (QED) is 0.833. The van der Waals surface area contributed by atoms with Crippen LogP contribution in [0, 0.1) is 5.92 Å². The highest BCUT2D eigenvalue weighted by Crippen LogP contribution is 2.32. The van der Waals surface area contributed by atoms with Gasteiger partial charge < -0.3 is 5.32 Å². The van der Waals surface area contributed by atoms with Crippen molar-refractivity contribution in [3.63, 3.8) is 0 Å². The Morgan fingerprint density at radius 1 is 1.33 bits per heavy atom. The summed E-state index contributed by atoms with van der Waals surface area (Å²) >= 11 is 13.7. The van der Waals surface area contributed by atoms with Gasteiger partial charge >= 0.3 is 0 Å². The molecule has 0 saturated heterocycles. The van der Waals surface area contributed by atoms with Crippen LogP contribution in [-0.4, -0.2) is 4.98 Å². The molecule has 2 nitrogen and oxygen atoms in total. The number of rotatable bonds is 4. The maximum atomic E-state index is 6.13. The van der Waals surface area contributed by atoms with E-state index in [2.05, 4.69) is 35.6 Å². The van der Waals surface area contributed by atoms with Crippen LogP contribution in [-0.2, 0) is 0 Å². The lowest BCUT2D eigenvalue weighted by Gasteiger charge is -2.22. The number of thiophene rings is 1. The van der Waals surface area contributed by atoms with Gasteiger partial charge in [-0.1, -0.05) is 43.1 Å². The summed E-state index contributed by atoms with van der Waals surface area (Å²) in [5.74, 6) is 1.12. The number of halogens is 2. The lowest BCUT2D eigenvalue weighted by atomic mass is 10.0. The van der Waals surface area contributed by atoms with Crippen LogP contribution in [0.3, 0.4) is 0 Å². The summed E-state index contributed by atoms with van der Waals surface area (Å²) in [7, 11) is 0. The lowest BCUT2D eigenvalue weighted by Crippen LogP contribution is -2.16. The van der Waals surface area contributed by atoms with Gasteiger partial charge in [0, 0.05) is 11.1 Å². The van der Waals surface area contributed by atoms with Crippen LogP contribution in [0.25, 0.3) is 0 Å². The molecule has 1 N–H and O–H groups in total. The van der Waals surface area contributed by atoms with E-state index >= 15 is 0 Å². The number of hydrogen-bond acceptors (Lipinski definition) is 3. The predicted octanol–water partition coefficient (Wildman–Crippen LogP) is 5.26. The fourth-order valence-corrected chi connectivity index (χ4v) is 3.09. The first-order valence-electron chi connectivity index (χ1n) is 5.69. The maximum absolute atomic E-state index is 6.13.